The first-order chi connectivity index (χ1) is 20.6. The average Bonchev–Trinajstić information content (AvgIpc) is 3.38. The molecule has 0 aliphatic carbocycles. The fourth-order valence-electron chi connectivity index (χ4n) is 5.12. The molecular formula is C35H39N3O5. The fourth-order valence-corrected chi connectivity index (χ4v) is 5.12. The summed E-state index contributed by atoms with van der Waals surface area (Å²) in [5.74, 6) is 1.04. The number of aryl methyl sites for hydroxylation is 2. The van der Waals surface area contributed by atoms with Crippen LogP contribution in [0.4, 0.5) is 10.6 Å². The third kappa shape index (κ3) is 7.25. The lowest BCUT2D eigenvalue weighted by Gasteiger charge is -2.31. The van der Waals surface area contributed by atoms with Crippen molar-refractivity contribution in [2.24, 2.45) is 0 Å². The molecule has 8 heteroatoms. The van der Waals surface area contributed by atoms with Gasteiger partial charge in [0.25, 0.3) is 0 Å². The first-order valence-corrected chi connectivity index (χ1v) is 14.8. The Balaban J connectivity index is 1.30. The summed E-state index contributed by atoms with van der Waals surface area (Å²) in [6, 6.07) is 20.0. The van der Waals surface area contributed by atoms with Crippen LogP contribution in [0.5, 0.6) is 5.75 Å². The zero-order chi connectivity index (χ0) is 30.6. The molecule has 0 saturated heterocycles. The van der Waals surface area contributed by atoms with Gasteiger partial charge in [0.15, 0.2) is 0 Å². The Morgan fingerprint density at radius 2 is 1.81 bits per heavy atom. The number of carbonyl (C=O) groups is 2. The molecule has 3 heterocycles. The number of hydrogen-bond donors (Lipinski definition) is 0. The van der Waals surface area contributed by atoms with Gasteiger partial charge in [-0.05, 0) is 88.9 Å². The Hall–Kier alpha value is -4.59. The minimum absolute atomic E-state index is 0.312. The number of carbonyl (C=O) groups excluding carboxylic acids is 2. The highest BCUT2D eigenvalue weighted by atomic mass is 16.6. The van der Waals surface area contributed by atoms with E-state index in [0.717, 1.165) is 57.6 Å². The van der Waals surface area contributed by atoms with E-state index in [1.807, 2.05) is 93.1 Å². The second kappa shape index (κ2) is 12.7. The number of hydrogen-bond acceptors (Lipinski definition) is 6. The lowest BCUT2D eigenvalue weighted by Crippen LogP contribution is -2.40. The number of pyridine rings is 1. The number of esters is 1. The van der Waals surface area contributed by atoms with Crippen LogP contribution in [0.15, 0.2) is 72.9 Å². The van der Waals surface area contributed by atoms with Gasteiger partial charge in [0.1, 0.15) is 17.2 Å². The van der Waals surface area contributed by atoms with Crippen LogP contribution in [0.3, 0.4) is 0 Å². The molecule has 5 rings (SSSR count). The van der Waals surface area contributed by atoms with E-state index in [1.165, 1.54) is 6.08 Å². The summed E-state index contributed by atoms with van der Waals surface area (Å²) in [5.41, 5.74) is 5.08. The number of nitrogens with zero attached hydrogens (tertiary/aromatic N) is 3. The van der Waals surface area contributed by atoms with Gasteiger partial charge in [-0.3, -0.25) is 4.90 Å². The van der Waals surface area contributed by atoms with Gasteiger partial charge in [0, 0.05) is 36.3 Å². The first kappa shape index (κ1) is 29.9. The van der Waals surface area contributed by atoms with Gasteiger partial charge < -0.3 is 18.8 Å². The number of ether oxygens (including phenoxy) is 3. The number of amides is 1. The molecule has 8 nitrogen and oxygen atoms in total. The zero-order valence-electron chi connectivity index (χ0n) is 25.6. The van der Waals surface area contributed by atoms with Crippen LogP contribution in [0.1, 0.15) is 56.5 Å². The van der Waals surface area contributed by atoms with Gasteiger partial charge in [-0.2, -0.15) is 0 Å². The molecule has 2 aromatic carbocycles. The summed E-state index contributed by atoms with van der Waals surface area (Å²) in [6.45, 7) is 10.8. The van der Waals surface area contributed by atoms with Crippen LogP contribution < -0.4 is 9.64 Å². The number of aromatic nitrogens is 2. The summed E-state index contributed by atoms with van der Waals surface area (Å²) < 4.78 is 19.0. The highest BCUT2D eigenvalue weighted by molar-refractivity contribution is 5.95. The molecule has 224 valence electrons. The lowest BCUT2D eigenvalue weighted by molar-refractivity contribution is -0.137. The van der Waals surface area contributed by atoms with Gasteiger partial charge in [-0.1, -0.05) is 35.9 Å². The Morgan fingerprint density at radius 1 is 1.02 bits per heavy atom. The smallest absolute Gasteiger partial charge is 0.416 e. The highest BCUT2D eigenvalue weighted by Crippen LogP contribution is 2.29. The van der Waals surface area contributed by atoms with Crippen molar-refractivity contribution in [1.82, 2.24) is 9.55 Å². The molecule has 0 spiro atoms. The fraction of sp³-hybridized carbons (Fsp3) is 0.343. The third-order valence-electron chi connectivity index (χ3n) is 7.15. The van der Waals surface area contributed by atoms with Crippen LogP contribution in [-0.2, 0) is 27.1 Å². The van der Waals surface area contributed by atoms with Gasteiger partial charge in [-0.15, -0.1) is 0 Å². The molecular weight excluding hydrogens is 542 g/mol. The van der Waals surface area contributed by atoms with Gasteiger partial charge in [0.2, 0.25) is 0 Å². The summed E-state index contributed by atoms with van der Waals surface area (Å²) in [7, 11) is 0. The zero-order valence-corrected chi connectivity index (χ0v) is 25.6. The normalized spacial score (nSPS) is 13.5. The highest BCUT2D eigenvalue weighted by Gasteiger charge is 2.28. The molecule has 0 unspecified atom stereocenters. The van der Waals surface area contributed by atoms with E-state index in [0.29, 0.717) is 32.0 Å². The quantitative estimate of drug-likeness (QED) is 0.163. The van der Waals surface area contributed by atoms with E-state index in [-0.39, 0.29) is 12.1 Å². The second-order valence-corrected chi connectivity index (χ2v) is 11.7. The van der Waals surface area contributed by atoms with Crippen LogP contribution in [-0.4, -0.2) is 47.0 Å². The van der Waals surface area contributed by atoms with Crippen LogP contribution in [0, 0.1) is 6.92 Å². The van der Waals surface area contributed by atoms with Crippen molar-refractivity contribution in [3.05, 3.63) is 95.3 Å². The molecule has 1 aliphatic heterocycles. The monoisotopic (exact) mass is 581 g/mol. The SMILES string of the molecule is CCOC(=O)C=C(c1ccc(C)cc1)n1ccc2cc(OCCc3ccc4c(n3)N(C(=O)OC(C)(C)C)CCC4)ccc21. The van der Waals surface area contributed by atoms with Crippen molar-refractivity contribution in [2.75, 3.05) is 24.7 Å². The van der Waals surface area contributed by atoms with Crippen molar-refractivity contribution in [1.29, 1.82) is 0 Å². The predicted molar refractivity (Wildman–Crippen MR) is 168 cm³/mol. The van der Waals surface area contributed by atoms with E-state index in [1.54, 1.807) is 11.8 Å². The maximum absolute atomic E-state index is 12.8. The van der Waals surface area contributed by atoms with Gasteiger partial charge in [-0.25, -0.2) is 14.6 Å². The van der Waals surface area contributed by atoms with Gasteiger partial charge >= 0.3 is 12.1 Å². The Labute approximate surface area is 252 Å². The topological polar surface area (TPSA) is 82.9 Å². The van der Waals surface area contributed by atoms with Gasteiger partial charge in [0.05, 0.1) is 24.4 Å². The van der Waals surface area contributed by atoms with Crippen LogP contribution in [0.2, 0.25) is 0 Å². The first-order valence-electron chi connectivity index (χ1n) is 14.8. The molecule has 2 aromatic heterocycles. The van der Waals surface area contributed by atoms with E-state index in [4.69, 9.17) is 19.2 Å². The molecule has 1 aliphatic rings. The van der Waals surface area contributed by atoms with Crippen molar-refractivity contribution >= 4 is 34.5 Å². The van der Waals surface area contributed by atoms with Crippen molar-refractivity contribution in [2.45, 2.75) is 59.5 Å². The summed E-state index contributed by atoms with van der Waals surface area (Å²) in [4.78, 5) is 31.7. The molecule has 0 atom stereocenters. The maximum atomic E-state index is 12.8. The maximum Gasteiger partial charge on any atom is 0.416 e. The Bertz CT molecular complexity index is 1650. The summed E-state index contributed by atoms with van der Waals surface area (Å²) >= 11 is 0. The minimum Gasteiger partial charge on any atom is -0.493 e. The van der Waals surface area contributed by atoms with Crippen molar-refractivity contribution in [3.63, 3.8) is 0 Å². The molecule has 43 heavy (non-hydrogen) atoms. The molecule has 0 saturated carbocycles. The lowest BCUT2D eigenvalue weighted by atomic mass is 10.1. The largest absolute Gasteiger partial charge is 0.493 e. The Morgan fingerprint density at radius 3 is 2.56 bits per heavy atom. The summed E-state index contributed by atoms with van der Waals surface area (Å²) in [5, 5.41) is 0.985. The summed E-state index contributed by atoms with van der Waals surface area (Å²) in [6.07, 6.45) is 5.48. The molecule has 0 radical (unpaired) electrons. The average molecular weight is 582 g/mol. The van der Waals surface area contributed by atoms with Crippen molar-refractivity contribution in [3.8, 4) is 5.75 Å². The van der Waals surface area contributed by atoms with E-state index in [2.05, 4.69) is 6.07 Å². The molecule has 0 N–H and O–H groups in total. The second-order valence-electron chi connectivity index (χ2n) is 11.7. The molecule has 4 aromatic rings. The number of fused-ring (bicyclic) bond motifs is 2. The van der Waals surface area contributed by atoms with E-state index in [9.17, 15) is 9.59 Å². The minimum atomic E-state index is -0.568. The molecule has 0 bridgehead atoms. The van der Waals surface area contributed by atoms with Crippen molar-refractivity contribution < 1.29 is 23.8 Å². The van der Waals surface area contributed by atoms with Crippen LogP contribution >= 0.6 is 0 Å². The Kier molecular flexibility index (Phi) is 8.85. The number of rotatable bonds is 8. The van der Waals surface area contributed by atoms with Crippen LogP contribution in [0.25, 0.3) is 16.6 Å². The predicted octanol–water partition coefficient (Wildman–Crippen LogP) is 7.11. The standard InChI is InChI=1S/C35H39N3O5/c1-6-41-32(39)23-31(25-11-9-24(2)10-12-25)37-20-17-27-22-29(15-16-30(27)37)42-21-18-28-14-13-26-8-7-19-38(33(26)36-28)34(40)43-35(3,4)5/h9-17,20,22-23H,6-8,18-19,21H2,1-5H3. The molecule has 1 amide bonds. The third-order valence-corrected chi connectivity index (χ3v) is 7.15. The van der Waals surface area contributed by atoms with E-state index >= 15 is 0 Å². The van der Waals surface area contributed by atoms with E-state index < -0.39 is 5.60 Å². The number of anilines is 1. The number of benzene rings is 2. The molecule has 0 fully saturated rings.